The maximum Gasteiger partial charge on any atom is 0.309 e. The normalized spacial score (nSPS) is 40.6. The topological polar surface area (TPSA) is 77.7 Å². The Morgan fingerprint density at radius 2 is 1.21 bits per heavy atom. The maximum atomic E-state index is 12.6. The molecule has 3 saturated carbocycles. The SMILES string of the molecule is O=C(OCC1(COC(=O)C2CCC3OC3C2)CCCCC1)C1CCC2OC2C1. The fourth-order valence-corrected chi connectivity index (χ4v) is 5.55. The van der Waals surface area contributed by atoms with Gasteiger partial charge in [0.15, 0.2) is 0 Å². The zero-order valence-electron chi connectivity index (χ0n) is 16.6. The standard InChI is InChI=1S/C22H32O6/c23-20(14-4-6-16-18(10-14)27-16)25-12-22(8-2-1-3-9-22)13-26-21(24)15-5-7-17-19(11-15)28-17/h14-19H,1-13H2. The Balaban J connectivity index is 1.13. The van der Waals surface area contributed by atoms with Gasteiger partial charge in [-0.3, -0.25) is 9.59 Å². The van der Waals surface area contributed by atoms with Crippen LogP contribution in [0.2, 0.25) is 0 Å². The third-order valence-electron chi connectivity index (χ3n) is 7.63. The molecule has 28 heavy (non-hydrogen) atoms. The van der Waals surface area contributed by atoms with E-state index in [1.807, 2.05) is 0 Å². The van der Waals surface area contributed by atoms with Crippen LogP contribution in [0.3, 0.4) is 0 Å². The number of carbonyl (C=O) groups is 2. The first-order chi connectivity index (χ1) is 13.6. The van der Waals surface area contributed by atoms with E-state index < -0.39 is 0 Å². The Morgan fingerprint density at radius 1 is 0.714 bits per heavy atom. The first kappa shape index (κ1) is 18.9. The summed E-state index contributed by atoms with van der Waals surface area (Å²) in [7, 11) is 0. The molecule has 0 amide bonds. The van der Waals surface area contributed by atoms with E-state index in [0.717, 1.165) is 64.2 Å². The Kier molecular flexibility index (Phi) is 5.12. The van der Waals surface area contributed by atoms with Crippen molar-refractivity contribution in [1.82, 2.24) is 0 Å². The zero-order valence-corrected chi connectivity index (χ0v) is 16.6. The molecule has 2 saturated heterocycles. The molecule has 5 fully saturated rings. The smallest absolute Gasteiger partial charge is 0.309 e. The third kappa shape index (κ3) is 4.09. The second kappa shape index (κ2) is 7.60. The molecule has 0 aromatic rings. The van der Waals surface area contributed by atoms with Gasteiger partial charge in [0.2, 0.25) is 0 Å². The quantitative estimate of drug-likeness (QED) is 0.510. The van der Waals surface area contributed by atoms with Crippen molar-refractivity contribution in [2.45, 2.75) is 95.0 Å². The number of carbonyl (C=O) groups excluding carboxylic acids is 2. The van der Waals surface area contributed by atoms with Crippen molar-refractivity contribution in [3.05, 3.63) is 0 Å². The molecular weight excluding hydrogens is 360 g/mol. The highest BCUT2D eigenvalue weighted by Crippen LogP contribution is 2.42. The average molecular weight is 392 g/mol. The molecule has 6 atom stereocenters. The van der Waals surface area contributed by atoms with Crippen LogP contribution < -0.4 is 0 Å². The maximum absolute atomic E-state index is 12.6. The van der Waals surface area contributed by atoms with Crippen molar-refractivity contribution in [2.75, 3.05) is 13.2 Å². The molecule has 0 aromatic heterocycles. The van der Waals surface area contributed by atoms with Gasteiger partial charge in [-0.2, -0.15) is 0 Å². The molecule has 2 heterocycles. The first-order valence-electron chi connectivity index (χ1n) is 11.3. The Bertz CT molecular complexity index is 566. The molecule has 6 unspecified atom stereocenters. The van der Waals surface area contributed by atoms with Crippen molar-refractivity contribution in [1.29, 1.82) is 0 Å². The summed E-state index contributed by atoms with van der Waals surface area (Å²) in [4.78, 5) is 25.1. The largest absolute Gasteiger partial charge is 0.465 e. The number of fused-ring (bicyclic) bond motifs is 2. The molecule has 0 bridgehead atoms. The monoisotopic (exact) mass is 392 g/mol. The minimum Gasteiger partial charge on any atom is -0.465 e. The van der Waals surface area contributed by atoms with Gasteiger partial charge in [0.25, 0.3) is 0 Å². The van der Waals surface area contributed by atoms with Gasteiger partial charge >= 0.3 is 11.9 Å². The highest BCUT2D eigenvalue weighted by molar-refractivity contribution is 5.73. The minimum absolute atomic E-state index is 0.0272. The van der Waals surface area contributed by atoms with Crippen LogP contribution in [0.4, 0.5) is 0 Å². The van der Waals surface area contributed by atoms with E-state index in [4.69, 9.17) is 18.9 Å². The minimum atomic E-state index is -0.204. The lowest BCUT2D eigenvalue weighted by Gasteiger charge is -2.36. The van der Waals surface area contributed by atoms with Gasteiger partial charge < -0.3 is 18.9 Å². The van der Waals surface area contributed by atoms with Gasteiger partial charge in [0.1, 0.15) is 13.2 Å². The lowest BCUT2D eigenvalue weighted by atomic mass is 9.75. The van der Waals surface area contributed by atoms with E-state index in [-0.39, 0.29) is 41.4 Å². The van der Waals surface area contributed by atoms with Gasteiger partial charge in [-0.15, -0.1) is 0 Å². The highest BCUT2D eigenvalue weighted by atomic mass is 16.6. The molecule has 0 spiro atoms. The molecule has 5 rings (SSSR count). The summed E-state index contributed by atoms with van der Waals surface area (Å²) in [6.45, 7) is 0.756. The van der Waals surface area contributed by atoms with E-state index in [2.05, 4.69) is 0 Å². The molecular formula is C22H32O6. The van der Waals surface area contributed by atoms with E-state index in [1.54, 1.807) is 0 Å². The number of hydrogen-bond acceptors (Lipinski definition) is 6. The predicted octanol–water partition coefficient (Wildman–Crippen LogP) is 3.16. The second-order valence-corrected chi connectivity index (χ2v) is 9.72. The van der Waals surface area contributed by atoms with Crippen molar-refractivity contribution < 1.29 is 28.5 Å². The van der Waals surface area contributed by atoms with Crippen molar-refractivity contribution in [3.63, 3.8) is 0 Å². The lowest BCUT2D eigenvalue weighted by Crippen LogP contribution is -2.38. The van der Waals surface area contributed by atoms with Crippen LogP contribution in [0.1, 0.15) is 70.6 Å². The van der Waals surface area contributed by atoms with Crippen molar-refractivity contribution >= 4 is 11.9 Å². The van der Waals surface area contributed by atoms with Gasteiger partial charge in [-0.05, 0) is 51.4 Å². The van der Waals surface area contributed by atoms with E-state index >= 15 is 0 Å². The van der Waals surface area contributed by atoms with Crippen LogP contribution in [-0.4, -0.2) is 49.6 Å². The Morgan fingerprint density at radius 3 is 1.68 bits per heavy atom. The summed E-state index contributed by atoms with van der Waals surface area (Å²) in [5.74, 6) is -0.231. The fourth-order valence-electron chi connectivity index (χ4n) is 5.55. The molecule has 0 radical (unpaired) electrons. The van der Waals surface area contributed by atoms with Crippen LogP contribution in [0.5, 0.6) is 0 Å². The number of ether oxygens (including phenoxy) is 4. The molecule has 6 heteroatoms. The van der Waals surface area contributed by atoms with Crippen LogP contribution in [-0.2, 0) is 28.5 Å². The number of rotatable bonds is 6. The molecule has 156 valence electrons. The second-order valence-electron chi connectivity index (χ2n) is 9.72. The van der Waals surface area contributed by atoms with Crippen molar-refractivity contribution in [3.8, 4) is 0 Å². The summed E-state index contributed by atoms with van der Waals surface area (Å²) in [6, 6.07) is 0. The summed E-state index contributed by atoms with van der Waals surface area (Å²) in [5, 5.41) is 0. The summed E-state index contributed by atoms with van der Waals surface area (Å²) >= 11 is 0. The van der Waals surface area contributed by atoms with Gasteiger partial charge in [-0.25, -0.2) is 0 Å². The average Bonchev–Trinajstić information content (AvgIpc) is 3.64. The molecule has 5 aliphatic rings. The third-order valence-corrected chi connectivity index (χ3v) is 7.63. The number of hydrogen-bond donors (Lipinski definition) is 0. The molecule has 2 aliphatic heterocycles. The van der Waals surface area contributed by atoms with Crippen molar-refractivity contribution in [2.24, 2.45) is 17.3 Å². The molecule has 0 aromatic carbocycles. The van der Waals surface area contributed by atoms with E-state index in [1.165, 1.54) is 6.42 Å². The first-order valence-corrected chi connectivity index (χ1v) is 11.3. The summed E-state index contributed by atoms with van der Waals surface area (Å²) < 4.78 is 22.6. The lowest BCUT2D eigenvalue weighted by molar-refractivity contribution is -0.162. The fraction of sp³-hybridized carbons (Fsp3) is 0.909. The van der Waals surface area contributed by atoms with Gasteiger partial charge in [0, 0.05) is 5.41 Å². The summed E-state index contributed by atoms with van der Waals surface area (Å²) in [6.07, 6.45) is 12.0. The van der Waals surface area contributed by atoms with E-state index in [0.29, 0.717) is 25.4 Å². The van der Waals surface area contributed by atoms with Crippen LogP contribution in [0, 0.1) is 17.3 Å². The summed E-state index contributed by atoms with van der Waals surface area (Å²) in [5.41, 5.74) is -0.204. The van der Waals surface area contributed by atoms with Crippen LogP contribution in [0.25, 0.3) is 0 Å². The highest BCUT2D eigenvalue weighted by Gasteiger charge is 2.48. The molecule has 0 N–H and O–H groups in total. The van der Waals surface area contributed by atoms with Gasteiger partial charge in [-0.1, -0.05) is 19.3 Å². The number of epoxide rings is 2. The number of esters is 2. The van der Waals surface area contributed by atoms with Crippen LogP contribution in [0.15, 0.2) is 0 Å². The zero-order chi connectivity index (χ0) is 19.1. The van der Waals surface area contributed by atoms with E-state index in [9.17, 15) is 9.59 Å². The van der Waals surface area contributed by atoms with Crippen LogP contribution >= 0.6 is 0 Å². The van der Waals surface area contributed by atoms with Gasteiger partial charge in [0.05, 0.1) is 36.3 Å². The predicted molar refractivity (Wildman–Crippen MR) is 99.4 cm³/mol. The molecule has 3 aliphatic carbocycles. The Hall–Kier alpha value is -1.14. The molecule has 6 nitrogen and oxygen atoms in total. The Labute approximate surface area is 166 Å².